The van der Waals surface area contributed by atoms with Crippen molar-refractivity contribution in [2.45, 2.75) is 0 Å². The molecule has 0 radical (unpaired) electrons. The summed E-state index contributed by atoms with van der Waals surface area (Å²) < 4.78 is 0. The fourth-order valence-corrected chi connectivity index (χ4v) is 2.47. The van der Waals surface area contributed by atoms with E-state index >= 15 is 0 Å². The van der Waals surface area contributed by atoms with E-state index < -0.39 is 11.5 Å². The Morgan fingerprint density at radius 1 is 0.833 bits per heavy atom. The summed E-state index contributed by atoms with van der Waals surface area (Å²) in [6, 6.07) is 22.5. The lowest BCUT2D eigenvalue weighted by atomic mass is 9.97. The quantitative estimate of drug-likeness (QED) is 0.771. The summed E-state index contributed by atoms with van der Waals surface area (Å²) in [5.41, 5.74) is 2.62. The van der Waals surface area contributed by atoms with Crippen LogP contribution in [-0.4, -0.2) is 16.1 Å². The summed E-state index contributed by atoms with van der Waals surface area (Å²) in [7, 11) is 0. The number of rotatable bonds is 4. The Morgan fingerprint density at radius 3 is 1.83 bits per heavy atom. The van der Waals surface area contributed by atoms with Crippen LogP contribution >= 0.6 is 0 Å². The van der Waals surface area contributed by atoms with Gasteiger partial charge in [-0.2, -0.15) is 0 Å². The second kappa shape index (κ2) is 6.79. The third-order valence-corrected chi connectivity index (χ3v) is 3.63. The topological polar surface area (TPSA) is 70.2 Å². The highest BCUT2D eigenvalue weighted by Crippen LogP contribution is 2.25. The molecule has 1 heterocycles. The lowest BCUT2D eigenvalue weighted by Gasteiger charge is -2.09. The third-order valence-electron chi connectivity index (χ3n) is 3.63. The van der Waals surface area contributed by atoms with E-state index in [9.17, 15) is 9.59 Å². The molecule has 0 saturated carbocycles. The standard InChI is InChI=1S/C20H15NO3/c22-19-17(20(23)24)12-11-16(21-19)13-18(14-7-3-1-4-8-14)15-9-5-2-6-10-15/h1-13H,(H,21,22)(H,23,24). The molecule has 0 atom stereocenters. The number of aromatic carboxylic acids is 1. The summed E-state index contributed by atoms with van der Waals surface area (Å²) in [4.78, 5) is 25.4. The zero-order valence-electron chi connectivity index (χ0n) is 12.8. The Bertz CT molecular complexity index is 900. The number of aromatic amines is 1. The molecule has 2 N–H and O–H groups in total. The summed E-state index contributed by atoms with van der Waals surface area (Å²) in [6.07, 6.45) is 1.84. The van der Waals surface area contributed by atoms with E-state index in [0.717, 1.165) is 16.7 Å². The van der Waals surface area contributed by atoms with Crippen molar-refractivity contribution in [3.05, 3.63) is 106 Å². The van der Waals surface area contributed by atoms with Crippen molar-refractivity contribution in [2.24, 2.45) is 0 Å². The summed E-state index contributed by atoms with van der Waals surface area (Å²) >= 11 is 0. The van der Waals surface area contributed by atoms with Crippen LogP contribution in [0.25, 0.3) is 11.6 Å². The van der Waals surface area contributed by atoms with E-state index in [1.165, 1.54) is 6.07 Å². The molecule has 0 aliphatic rings. The number of pyridine rings is 1. The van der Waals surface area contributed by atoms with Crippen molar-refractivity contribution in [1.82, 2.24) is 4.98 Å². The summed E-state index contributed by atoms with van der Waals surface area (Å²) in [6.45, 7) is 0. The Morgan fingerprint density at radius 2 is 1.38 bits per heavy atom. The van der Waals surface area contributed by atoms with E-state index in [2.05, 4.69) is 4.98 Å². The molecular weight excluding hydrogens is 302 g/mol. The first-order valence-corrected chi connectivity index (χ1v) is 7.44. The van der Waals surface area contributed by atoms with Crippen molar-refractivity contribution < 1.29 is 9.90 Å². The molecule has 0 amide bonds. The van der Waals surface area contributed by atoms with Gasteiger partial charge in [-0.25, -0.2) is 4.79 Å². The van der Waals surface area contributed by atoms with Gasteiger partial charge < -0.3 is 10.1 Å². The molecule has 2 aromatic carbocycles. The molecule has 118 valence electrons. The number of aromatic nitrogens is 1. The van der Waals surface area contributed by atoms with Crippen LogP contribution in [0.15, 0.2) is 77.6 Å². The second-order valence-corrected chi connectivity index (χ2v) is 5.25. The molecule has 0 bridgehead atoms. The van der Waals surface area contributed by atoms with Crippen molar-refractivity contribution in [1.29, 1.82) is 0 Å². The molecular formula is C20H15NO3. The third kappa shape index (κ3) is 3.33. The molecule has 0 aliphatic carbocycles. The molecule has 4 heteroatoms. The minimum atomic E-state index is -1.24. The molecule has 3 aromatic rings. The fraction of sp³-hybridized carbons (Fsp3) is 0. The first-order chi connectivity index (χ1) is 11.6. The highest BCUT2D eigenvalue weighted by molar-refractivity contribution is 5.91. The van der Waals surface area contributed by atoms with Crippen molar-refractivity contribution in [3.63, 3.8) is 0 Å². The number of carboxylic acid groups (broad SMARTS) is 1. The molecule has 3 rings (SSSR count). The van der Waals surface area contributed by atoms with Crippen LogP contribution in [0.1, 0.15) is 27.2 Å². The van der Waals surface area contributed by atoms with Crippen LogP contribution in [0.5, 0.6) is 0 Å². The van der Waals surface area contributed by atoms with Crippen LogP contribution in [0.3, 0.4) is 0 Å². The van der Waals surface area contributed by atoms with Crippen LogP contribution in [0.4, 0.5) is 0 Å². The highest BCUT2D eigenvalue weighted by Gasteiger charge is 2.09. The zero-order chi connectivity index (χ0) is 16.9. The lowest BCUT2D eigenvalue weighted by molar-refractivity contribution is 0.0695. The average molecular weight is 317 g/mol. The van der Waals surface area contributed by atoms with Crippen molar-refractivity contribution >= 4 is 17.6 Å². The van der Waals surface area contributed by atoms with Gasteiger partial charge in [0.2, 0.25) is 0 Å². The molecule has 0 saturated heterocycles. The van der Waals surface area contributed by atoms with Crippen molar-refractivity contribution in [3.8, 4) is 0 Å². The number of hydrogen-bond acceptors (Lipinski definition) is 2. The first kappa shape index (κ1) is 15.5. The smallest absolute Gasteiger partial charge is 0.341 e. The van der Waals surface area contributed by atoms with Crippen LogP contribution in [0, 0.1) is 0 Å². The van der Waals surface area contributed by atoms with Gasteiger partial charge in [0.25, 0.3) is 5.56 Å². The predicted octanol–water partition coefficient (Wildman–Crippen LogP) is 3.66. The van der Waals surface area contributed by atoms with Gasteiger partial charge in [-0.1, -0.05) is 60.7 Å². The summed E-state index contributed by atoms with van der Waals surface area (Å²) in [5, 5.41) is 8.96. The number of carboxylic acids is 1. The molecule has 24 heavy (non-hydrogen) atoms. The van der Waals surface area contributed by atoms with Crippen LogP contribution < -0.4 is 5.56 Å². The minimum Gasteiger partial charge on any atom is -0.477 e. The Hall–Kier alpha value is -3.40. The largest absolute Gasteiger partial charge is 0.477 e. The SMILES string of the molecule is O=C(O)c1ccc(C=C(c2ccccc2)c2ccccc2)[nH]c1=O. The van der Waals surface area contributed by atoms with E-state index in [-0.39, 0.29) is 5.56 Å². The van der Waals surface area contributed by atoms with Gasteiger partial charge in [-0.05, 0) is 34.9 Å². The Balaban J connectivity index is 2.13. The average Bonchev–Trinajstić information content (AvgIpc) is 2.61. The number of nitrogens with one attached hydrogen (secondary N) is 1. The van der Waals surface area contributed by atoms with Gasteiger partial charge in [0.15, 0.2) is 0 Å². The monoisotopic (exact) mass is 317 g/mol. The van der Waals surface area contributed by atoms with Gasteiger partial charge in [0, 0.05) is 5.69 Å². The van der Waals surface area contributed by atoms with Crippen molar-refractivity contribution in [2.75, 3.05) is 0 Å². The minimum absolute atomic E-state index is 0.270. The van der Waals surface area contributed by atoms with Crippen LogP contribution in [-0.2, 0) is 0 Å². The molecule has 0 unspecified atom stereocenters. The Labute approximate surface area is 138 Å². The highest BCUT2D eigenvalue weighted by atomic mass is 16.4. The normalized spacial score (nSPS) is 10.2. The lowest BCUT2D eigenvalue weighted by Crippen LogP contribution is -2.17. The molecule has 1 aromatic heterocycles. The van der Waals surface area contributed by atoms with Gasteiger partial charge in [-0.15, -0.1) is 0 Å². The number of benzene rings is 2. The van der Waals surface area contributed by atoms with E-state index in [4.69, 9.17) is 5.11 Å². The van der Waals surface area contributed by atoms with Gasteiger partial charge in [0.05, 0.1) is 0 Å². The van der Waals surface area contributed by atoms with Crippen LogP contribution in [0.2, 0.25) is 0 Å². The maximum atomic E-state index is 11.9. The molecule has 0 spiro atoms. The fourth-order valence-electron chi connectivity index (χ4n) is 2.47. The zero-order valence-corrected chi connectivity index (χ0v) is 12.8. The van der Waals surface area contributed by atoms with E-state index in [1.807, 2.05) is 66.7 Å². The predicted molar refractivity (Wildman–Crippen MR) is 93.9 cm³/mol. The first-order valence-electron chi connectivity index (χ1n) is 7.44. The second-order valence-electron chi connectivity index (χ2n) is 5.25. The molecule has 0 aliphatic heterocycles. The van der Waals surface area contributed by atoms with Gasteiger partial charge in [-0.3, -0.25) is 4.79 Å². The number of carbonyl (C=O) groups is 1. The van der Waals surface area contributed by atoms with Gasteiger partial charge in [0.1, 0.15) is 5.56 Å². The maximum absolute atomic E-state index is 11.9. The number of hydrogen-bond donors (Lipinski definition) is 2. The maximum Gasteiger partial charge on any atom is 0.341 e. The summed E-state index contributed by atoms with van der Waals surface area (Å²) in [5.74, 6) is -1.24. The van der Waals surface area contributed by atoms with E-state index in [1.54, 1.807) is 6.07 Å². The number of H-pyrrole nitrogens is 1. The molecule has 0 fully saturated rings. The van der Waals surface area contributed by atoms with Gasteiger partial charge >= 0.3 is 5.97 Å². The van der Waals surface area contributed by atoms with E-state index in [0.29, 0.717) is 5.69 Å². The Kier molecular flexibility index (Phi) is 4.38. The molecule has 4 nitrogen and oxygen atoms in total.